The van der Waals surface area contributed by atoms with E-state index in [1.165, 1.54) is 0 Å². The average Bonchev–Trinajstić information content (AvgIpc) is 2.81. The molecule has 0 radical (unpaired) electrons. The van der Waals surface area contributed by atoms with Gasteiger partial charge in [0.15, 0.2) is 0 Å². The van der Waals surface area contributed by atoms with Crippen LogP contribution in [0.3, 0.4) is 0 Å². The third kappa shape index (κ3) is 3.54. The molecule has 1 unspecified atom stereocenters. The summed E-state index contributed by atoms with van der Waals surface area (Å²) in [5.74, 6) is -0.278. The van der Waals surface area contributed by atoms with Crippen molar-refractivity contribution >= 4 is 33.6 Å². The predicted octanol–water partition coefficient (Wildman–Crippen LogP) is 1.85. The summed E-state index contributed by atoms with van der Waals surface area (Å²) in [5.41, 5.74) is 0.633. The zero-order valence-corrected chi connectivity index (χ0v) is 11.3. The topological polar surface area (TPSA) is 70.2 Å². The Kier molecular flexibility index (Phi) is 4.33. The normalized spacial score (nSPS) is 18.4. The number of benzene rings is 1. The van der Waals surface area contributed by atoms with E-state index in [0.29, 0.717) is 5.69 Å². The largest absolute Gasteiger partial charge is 0.325 e. The van der Waals surface area contributed by atoms with Crippen molar-refractivity contribution in [2.45, 2.75) is 18.9 Å². The van der Waals surface area contributed by atoms with Gasteiger partial charge in [0.2, 0.25) is 5.91 Å². The van der Waals surface area contributed by atoms with Gasteiger partial charge in [-0.25, -0.2) is 4.79 Å². The third-order valence-corrected chi connectivity index (χ3v) is 3.19. The highest BCUT2D eigenvalue weighted by Crippen LogP contribution is 2.15. The molecule has 0 aliphatic carbocycles. The molecule has 1 heterocycles. The molecule has 2 rings (SSSR count). The first-order chi connectivity index (χ1) is 8.65. The number of imide groups is 1. The number of halogens is 1. The molecule has 6 heteroatoms. The molecule has 18 heavy (non-hydrogen) atoms. The minimum absolute atomic E-state index is 0.252. The lowest BCUT2D eigenvalue weighted by atomic mass is 10.2. The number of hydrogen-bond acceptors (Lipinski definition) is 3. The summed E-state index contributed by atoms with van der Waals surface area (Å²) in [4.78, 5) is 23.3. The highest BCUT2D eigenvalue weighted by atomic mass is 79.9. The van der Waals surface area contributed by atoms with Crippen molar-refractivity contribution in [2.24, 2.45) is 0 Å². The van der Waals surface area contributed by atoms with Crippen LogP contribution in [0.15, 0.2) is 28.7 Å². The summed E-state index contributed by atoms with van der Waals surface area (Å²) in [6, 6.07) is 6.42. The van der Waals surface area contributed by atoms with Gasteiger partial charge in [-0.1, -0.05) is 22.0 Å². The molecule has 1 atom stereocenters. The van der Waals surface area contributed by atoms with Crippen molar-refractivity contribution in [1.82, 2.24) is 10.6 Å². The minimum atomic E-state index is -0.508. The van der Waals surface area contributed by atoms with Crippen molar-refractivity contribution in [3.8, 4) is 0 Å². The molecule has 0 spiro atoms. The molecular weight excluding hydrogens is 298 g/mol. The van der Waals surface area contributed by atoms with Gasteiger partial charge in [0, 0.05) is 10.2 Å². The highest BCUT2D eigenvalue weighted by Gasteiger charge is 2.23. The molecule has 96 valence electrons. The molecule has 1 fully saturated rings. The molecule has 1 aliphatic heterocycles. The number of hydrogen-bond donors (Lipinski definition) is 3. The van der Waals surface area contributed by atoms with E-state index in [1.54, 1.807) is 18.2 Å². The first kappa shape index (κ1) is 13.0. The zero-order chi connectivity index (χ0) is 13.0. The van der Waals surface area contributed by atoms with Gasteiger partial charge in [-0.2, -0.15) is 0 Å². The summed E-state index contributed by atoms with van der Waals surface area (Å²) in [6.45, 7) is 0.825. The molecule has 1 aromatic carbocycles. The van der Waals surface area contributed by atoms with E-state index in [2.05, 4.69) is 31.9 Å². The first-order valence-electron chi connectivity index (χ1n) is 5.76. The number of carbonyl (C=O) groups is 2. The van der Waals surface area contributed by atoms with Crippen LogP contribution in [0.1, 0.15) is 12.8 Å². The van der Waals surface area contributed by atoms with Crippen LogP contribution in [0.4, 0.5) is 10.5 Å². The Morgan fingerprint density at radius 1 is 1.39 bits per heavy atom. The Balaban J connectivity index is 1.86. The van der Waals surface area contributed by atoms with E-state index >= 15 is 0 Å². The van der Waals surface area contributed by atoms with Crippen LogP contribution < -0.4 is 16.0 Å². The lowest BCUT2D eigenvalue weighted by Crippen LogP contribution is -2.44. The maximum Gasteiger partial charge on any atom is 0.325 e. The number of nitrogens with one attached hydrogen (secondary N) is 3. The third-order valence-electron chi connectivity index (χ3n) is 2.70. The standard InChI is InChI=1S/C12H14BrN3O2/c13-8-3-1-4-9(7-8)15-12(18)16-11(17)10-5-2-6-14-10/h1,3-4,7,10,14H,2,5-6H2,(H2,15,16,17,18). The van der Waals surface area contributed by atoms with Crippen LogP contribution >= 0.6 is 15.9 Å². The quantitative estimate of drug-likeness (QED) is 0.780. The minimum Gasteiger partial charge on any atom is -0.308 e. The summed E-state index contributed by atoms with van der Waals surface area (Å²) in [5, 5.41) is 7.97. The Morgan fingerprint density at radius 2 is 2.22 bits per heavy atom. The highest BCUT2D eigenvalue weighted by molar-refractivity contribution is 9.10. The molecule has 0 bridgehead atoms. The number of amides is 3. The van der Waals surface area contributed by atoms with Crippen molar-refractivity contribution in [2.75, 3.05) is 11.9 Å². The summed E-state index contributed by atoms with van der Waals surface area (Å²) < 4.78 is 0.865. The van der Waals surface area contributed by atoms with Crippen molar-refractivity contribution < 1.29 is 9.59 Å². The zero-order valence-electron chi connectivity index (χ0n) is 9.70. The maximum absolute atomic E-state index is 11.7. The van der Waals surface area contributed by atoms with E-state index < -0.39 is 6.03 Å². The fourth-order valence-electron chi connectivity index (χ4n) is 1.84. The van der Waals surface area contributed by atoms with Crippen LogP contribution in [-0.4, -0.2) is 24.5 Å². The second-order valence-corrected chi connectivity index (χ2v) is 5.02. The monoisotopic (exact) mass is 311 g/mol. The van der Waals surface area contributed by atoms with Gasteiger partial charge < -0.3 is 10.6 Å². The van der Waals surface area contributed by atoms with Crippen molar-refractivity contribution in [3.05, 3.63) is 28.7 Å². The molecule has 5 nitrogen and oxygen atoms in total. The maximum atomic E-state index is 11.7. The van der Waals surface area contributed by atoms with Gasteiger partial charge in [-0.15, -0.1) is 0 Å². The van der Waals surface area contributed by atoms with Crippen LogP contribution in [0.25, 0.3) is 0 Å². The number of anilines is 1. The Morgan fingerprint density at radius 3 is 2.89 bits per heavy atom. The summed E-state index contributed by atoms with van der Waals surface area (Å²) in [6.07, 6.45) is 1.74. The number of carbonyl (C=O) groups excluding carboxylic acids is 2. The Hall–Kier alpha value is -1.40. The molecule has 0 aromatic heterocycles. The molecular formula is C12H14BrN3O2. The Bertz CT molecular complexity index is 458. The summed E-state index contributed by atoms with van der Waals surface area (Å²) >= 11 is 3.31. The number of rotatable bonds is 2. The van der Waals surface area contributed by atoms with Crippen LogP contribution in [0, 0.1) is 0 Å². The van der Waals surface area contributed by atoms with E-state index in [4.69, 9.17) is 0 Å². The Labute approximate surface area is 113 Å². The predicted molar refractivity (Wildman–Crippen MR) is 72.3 cm³/mol. The smallest absolute Gasteiger partial charge is 0.308 e. The molecule has 0 saturated carbocycles. The fourth-order valence-corrected chi connectivity index (χ4v) is 2.24. The van der Waals surface area contributed by atoms with Crippen LogP contribution in [-0.2, 0) is 4.79 Å². The van der Waals surface area contributed by atoms with Gasteiger partial charge in [0.1, 0.15) is 0 Å². The van der Waals surface area contributed by atoms with Crippen LogP contribution in [0.2, 0.25) is 0 Å². The molecule has 1 aromatic rings. The first-order valence-corrected chi connectivity index (χ1v) is 6.55. The van der Waals surface area contributed by atoms with E-state index in [0.717, 1.165) is 23.9 Å². The molecule has 1 aliphatic rings. The molecule has 1 saturated heterocycles. The van der Waals surface area contributed by atoms with Gasteiger partial charge >= 0.3 is 6.03 Å². The summed E-state index contributed by atoms with van der Waals surface area (Å²) in [7, 11) is 0. The van der Waals surface area contributed by atoms with Crippen molar-refractivity contribution in [1.29, 1.82) is 0 Å². The fraction of sp³-hybridized carbons (Fsp3) is 0.333. The number of urea groups is 1. The average molecular weight is 312 g/mol. The second kappa shape index (κ2) is 5.97. The van der Waals surface area contributed by atoms with Crippen molar-refractivity contribution in [3.63, 3.8) is 0 Å². The lowest BCUT2D eigenvalue weighted by Gasteiger charge is -2.11. The second-order valence-electron chi connectivity index (χ2n) is 4.10. The molecule has 3 amide bonds. The lowest BCUT2D eigenvalue weighted by molar-refractivity contribution is -0.121. The SMILES string of the molecule is O=C(NC(=O)C1CCCN1)Nc1cccc(Br)c1. The van der Waals surface area contributed by atoms with Gasteiger partial charge in [0.05, 0.1) is 6.04 Å². The van der Waals surface area contributed by atoms with E-state index in [1.807, 2.05) is 6.07 Å². The van der Waals surface area contributed by atoms with E-state index in [-0.39, 0.29) is 11.9 Å². The molecule has 3 N–H and O–H groups in total. The van der Waals surface area contributed by atoms with E-state index in [9.17, 15) is 9.59 Å². The van der Waals surface area contributed by atoms with Gasteiger partial charge in [0.25, 0.3) is 0 Å². The van der Waals surface area contributed by atoms with Gasteiger partial charge in [-0.3, -0.25) is 10.1 Å². The van der Waals surface area contributed by atoms with Gasteiger partial charge in [-0.05, 0) is 37.6 Å². The van der Waals surface area contributed by atoms with Crippen LogP contribution in [0.5, 0.6) is 0 Å².